The fourth-order valence-corrected chi connectivity index (χ4v) is 1.86. The maximum absolute atomic E-state index is 11.3. The van der Waals surface area contributed by atoms with Crippen molar-refractivity contribution in [3.63, 3.8) is 0 Å². The lowest BCUT2D eigenvalue weighted by Gasteiger charge is -2.11. The molecule has 0 aromatic rings. The van der Waals surface area contributed by atoms with Crippen molar-refractivity contribution < 1.29 is 23.1 Å². The highest BCUT2D eigenvalue weighted by molar-refractivity contribution is 7.93. The number of hydrogen-bond donors (Lipinski definition) is 2. The van der Waals surface area contributed by atoms with Gasteiger partial charge in [-0.2, -0.15) is 0 Å². The summed E-state index contributed by atoms with van der Waals surface area (Å²) in [4.78, 5) is 21.5. The third-order valence-electron chi connectivity index (χ3n) is 1.78. The molecule has 1 atom stereocenters. The predicted octanol–water partition coefficient (Wildman–Crippen LogP) is -0.599. The van der Waals surface area contributed by atoms with E-state index in [2.05, 4.69) is 5.32 Å². The average molecular weight is 237 g/mol. The van der Waals surface area contributed by atoms with Crippen LogP contribution in [0.2, 0.25) is 0 Å². The molecule has 0 spiro atoms. The van der Waals surface area contributed by atoms with E-state index < -0.39 is 32.7 Å². The third kappa shape index (κ3) is 4.78. The summed E-state index contributed by atoms with van der Waals surface area (Å²) >= 11 is 0. The molecule has 0 saturated heterocycles. The van der Waals surface area contributed by atoms with Crippen molar-refractivity contribution in [3.8, 4) is 0 Å². The highest BCUT2D eigenvalue weighted by atomic mass is 32.2. The summed E-state index contributed by atoms with van der Waals surface area (Å²) in [6.45, 7) is 3.39. The summed E-state index contributed by atoms with van der Waals surface area (Å²) in [6.07, 6.45) is 0.692. The Morgan fingerprint density at radius 3 is 2.33 bits per heavy atom. The van der Waals surface area contributed by atoms with Crippen molar-refractivity contribution in [3.05, 3.63) is 0 Å². The van der Waals surface area contributed by atoms with Crippen LogP contribution in [-0.4, -0.2) is 42.9 Å². The van der Waals surface area contributed by atoms with Crippen molar-refractivity contribution >= 4 is 21.7 Å². The lowest BCUT2D eigenvalue weighted by atomic mass is 10.4. The molecule has 0 aromatic heterocycles. The average Bonchev–Trinajstić information content (AvgIpc) is 2.10. The van der Waals surface area contributed by atoms with Crippen LogP contribution in [0.5, 0.6) is 0 Å². The van der Waals surface area contributed by atoms with Crippen LogP contribution in [0.15, 0.2) is 0 Å². The van der Waals surface area contributed by atoms with E-state index in [9.17, 15) is 18.0 Å². The fourth-order valence-electron chi connectivity index (χ4n) is 0.852. The minimum Gasteiger partial charge on any atom is -0.480 e. The SMILES string of the molecule is CCCNC(=O)C(C)S(=O)(=O)CC(=O)O. The first-order chi connectivity index (χ1) is 6.81. The molecular weight excluding hydrogens is 222 g/mol. The molecule has 0 radical (unpaired) electrons. The van der Waals surface area contributed by atoms with E-state index in [1.165, 1.54) is 6.92 Å². The fraction of sp³-hybridized carbons (Fsp3) is 0.750. The highest BCUT2D eigenvalue weighted by Crippen LogP contribution is 2.02. The summed E-state index contributed by atoms with van der Waals surface area (Å²) in [7, 11) is -3.90. The second-order valence-electron chi connectivity index (χ2n) is 3.13. The molecule has 1 unspecified atom stereocenters. The summed E-state index contributed by atoms with van der Waals surface area (Å²) in [5.41, 5.74) is 0. The number of carboxylic acids is 1. The Kier molecular flexibility index (Phi) is 5.27. The van der Waals surface area contributed by atoms with Crippen LogP contribution < -0.4 is 5.32 Å². The van der Waals surface area contributed by atoms with Gasteiger partial charge in [-0.15, -0.1) is 0 Å². The lowest BCUT2D eigenvalue weighted by Crippen LogP contribution is -2.40. The molecule has 0 saturated carbocycles. The van der Waals surface area contributed by atoms with Gasteiger partial charge in [-0.1, -0.05) is 6.92 Å². The quantitative estimate of drug-likeness (QED) is 0.642. The molecule has 1 amide bonds. The summed E-state index contributed by atoms with van der Waals surface area (Å²) in [6, 6.07) is 0. The topological polar surface area (TPSA) is 101 Å². The van der Waals surface area contributed by atoms with Crippen molar-refractivity contribution in [2.24, 2.45) is 0 Å². The van der Waals surface area contributed by atoms with Gasteiger partial charge in [0.15, 0.2) is 9.84 Å². The number of sulfone groups is 1. The number of amides is 1. The number of hydrogen-bond acceptors (Lipinski definition) is 4. The Morgan fingerprint density at radius 2 is 1.93 bits per heavy atom. The minimum atomic E-state index is -3.90. The van der Waals surface area contributed by atoms with E-state index >= 15 is 0 Å². The molecule has 6 nitrogen and oxygen atoms in total. The first-order valence-corrected chi connectivity index (χ1v) is 6.24. The number of carbonyl (C=O) groups excluding carboxylic acids is 1. The second kappa shape index (κ2) is 5.69. The molecule has 0 aliphatic carbocycles. The van der Waals surface area contributed by atoms with E-state index in [0.29, 0.717) is 13.0 Å². The van der Waals surface area contributed by atoms with E-state index in [1.54, 1.807) is 0 Å². The Hall–Kier alpha value is -1.11. The molecule has 0 aliphatic rings. The van der Waals surface area contributed by atoms with Crippen molar-refractivity contribution in [1.82, 2.24) is 5.32 Å². The van der Waals surface area contributed by atoms with Crippen LogP contribution in [0.1, 0.15) is 20.3 Å². The van der Waals surface area contributed by atoms with Gasteiger partial charge in [-0.3, -0.25) is 9.59 Å². The number of carbonyl (C=O) groups is 2. The standard InChI is InChI=1S/C8H15NO5S/c1-3-4-9-8(12)6(2)15(13,14)5-7(10)11/h6H,3-5H2,1-2H3,(H,9,12)(H,10,11). The number of nitrogens with one attached hydrogen (secondary N) is 1. The molecule has 0 fully saturated rings. The molecule has 2 N–H and O–H groups in total. The molecular formula is C8H15NO5S. The summed E-state index contributed by atoms with van der Waals surface area (Å²) in [5, 5.41) is 9.43. The van der Waals surface area contributed by atoms with Crippen LogP contribution >= 0.6 is 0 Å². The van der Waals surface area contributed by atoms with Crippen molar-refractivity contribution in [1.29, 1.82) is 0 Å². The van der Waals surface area contributed by atoms with Gasteiger partial charge in [0.25, 0.3) is 0 Å². The van der Waals surface area contributed by atoms with Crippen molar-refractivity contribution in [2.75, 3.05) is 12.3 Å². The molecule has 0 bridgehead atoms. The maximum Gasteiger partial charge on any atom is 0.318 e. The monoisotopic (exact) mass is 237 g/mol. The van der Waals surface area contributed by atoms with Gasteiger partial charge < -0.3 is 10.4 Å². The maximum atomic E-state index is 11.3. The summed E-state index contributed by atoms with van der Waals surface area (Å²) < 4.78 is 22.6. The normalized spacial score (nSPS) is 13.2. The van der Waals surface area contributed by atoms with Gasteiger partial charge in [0, 0.05) is 6.54 Å². The van der Waals surface area contributed by atoms with Gasteiger partial charge in [0.1, 0.15) is 11.0 Å². The van der Waals surface area contributed by atoms with Crippen LogP contribution in [0, 0.1) is 0 Å². The third-order valence-corrected chi connectivity index (χ3v) is 3.72. The molecule has 0 heterocycles. The van der Waals surface area contributed by atoms with Crippen molar-refractivity contribution in [2.45, 2.75) is 25.5 Å². The van der Waals surface area contributed by atoms with Crippen LogP contribution in [0.4, 0.5) is 0 Å². The predicted molar refractivity (Wildman–Crippen MR) is 54.2 cm³/mol. The first kappa shape index (κ1) is 13.9. The molecule has 88 valence electrons. The van der Waals surface area contributed by atoms with Gasteiger partial charge >= 0.3 is 5.97 Å². The highest BCUT2D eigenvalue weighted by Gasteiger charge is 2.29. The number of aliphatic carboxylic acids is 1. The zero-order chi connectivity index (χ0) is 12.1. The number of rotatable bonds is 6. The Bertz CT molecular complexity index is 335. The Morgan fingerprint density at radius 1 is 1.40 bits per heavy atom. The van der Waals surface area contributed by atoms with E-state index in [1.807, 2.05) is 6.92 Å². The number of carboxylic acid groups (broad SMARTS) is 1. The zero-order valence-electron chi connectivity index (χ0n) is 8.69. The first-order valence-electron chi connectivity index (χ1n) is 4.52. The smallest absolute Gasteiger partial charge is 0.318 e. The Labute approximate surface area is 88.6 Å². The molecule has 7 heteroatoms. The van der Waals surface area contributed by atoms with E-state index in [4.69, 9.17) is 5.11 Å². The van der Waals surface area contributed by atoms with Crippen LogP contribution in [-0.2, 0) is 19.4 Å². The largest absolute Gasteiger partial charge is 0.480 e. The van der Waals surface area contributed by atoms with Gasteiger partial charge in [0.05, 0.1) is 0 Å². The van der Waals surface area contributed by atoms with E-state index in [0.717, 1.165) is 0 Å². The molecule has 0 aliphatic heterocycles. The lowest BCUT2D eigenvalue weighted by molar-refractivity contribution is -0.134. The van der Waals surface area contributed by atoms with Gasteiger partial charge in [-0.25, -0.2) is 8.42 Å². The zero-order valence-corrected chi connectivity index (χ0v) is 9.50. The second-order valence-corrected chi connectivity index (χ2v) is 5.46. The molecule has 15 heavy (non-hydrogen) atoms. The van der Waals surface area contributed by atoms with Crippen LogP contribution in [0.3, 0.4) is 0 Å². The summed E-state index contributed by atoms with van der Waals surface area (Å²) in [5.74, 6) is -3.13. The van der Waals surface area contributed by atoms with E-state index in [-0.39, 0.29) is 0 Å². The van der Waals surface area contributed by atoms with Gasteiger partial charge in [0.2, 0.25) is 5.91 Å². The minimum absolute atomic E-state index is 0.381. The molecule has 0 aromatic carbocycles. The Balaban J connectivity index is 4.48. The van der Waals surface area contributed by atoms with Crippen LogP contribution in [0.25, 0.3) is 0 Å². The molecule has 0 rings (SSSR count). The van der Waals surface area contributed by atoms with Gasteiger partial charge in [-0.05, 0) is 13.3 Å².